The van der Waals surface area contributed by atoms with E-state index in [0.717, 1.165) is 54.1 Å². The SMILES string of the molecule is Cc1c(-c2ccc(F)cc2)nnc(N2CCC(N(C)C(=O)c3ccc(S(C)=O)cc3Cl)CC2)c1C. The van der Waals surface area contributed by atoms with Gasteiger partial charge in [-0.15, -0.1) is 10.2 Å². The number of amides is 1. The van der Waals surface area contributed by atoms with Crippen LogP contribution in [0.15, 0.2) is 47.4 Å². The summed E-state index contributed by atoms with van der Waals surface area (Å²) in [5, 5.41) is 9.27. The minimum Gasteiger partial charge on any atom is -0.355 e. The molecule has 1 aromatic heterocycles. The molecule has 184 valence electrons. The van der Waals surface area contributed by atoms with E-state index in [2.05, 4.69) is 15.1 Å². The highest BCUT2D eigenvalue weighted by Crippen LogP contribution is 2.30. The number of nitrogens with zero attached hydrogens (tertiary/aromatic N) is 4. The summed E-state index contributed by atoms with van der Waals surface area (Å²) in [4.78, 5) is 17.7. The third-order valence-corrected chi connectivity index (χ3v) is 7.98. The van der Waals surface area contributed by atoms with Gasteiger partial charge >= 0.3 is 0 Å². The van der Waals surface area contributed by atoms with Gasteiger partial charge in [-0.3, -0.25) is 9.00 Å². The third-order valence-electron chi connectivity index (χ3n) is 6.75. The Morgan fingerprint density at radius 3 is 2.34 bits per heavy atom. The number of hydrogen-bond donors (Lipinski definition) is 0. The van der Waals surface area contributed by atoms with Gasteiger partial charge in [0.2, 0.25) is 0 Å². The molecule has 0 aliphatic carbocycles. The maximum Gasteiger partial charge on any atom is 0.255 e. The van der Waals surface area contributed by atoms with Gasteiger partial charge in [-0.05, 0) is 80.3 Å². The monoisotopic (exact) mass is 514 g/mol. The molecular formula is C26H28ClFN4O2S. The molecule has 9 heteroatoms. The van der Waals surface area contributed by atoms with Gasteiger partial charge in [0, 0.05) is 53.7 Å². The normalized spacial score (nSPS) is 15.2. The average molecular weight is 515 g/mol. The minimum atomic E-state index is -1.16. The smallest absolute Gasteiger partial charge is 0.255 e. The second-order valence-corrected chi connectivity index (χ2v) is 10.6. The largest absolute Gasteiger partial charge is 0.355 e. The van der Waals surface area contributed by atoms with Crippen molar-refractivity contribution in [1.29, 1.82) is 0 Å². The summed E-state index contributed by atoms with van der Waals surface area (Å²) in [6.45, 7) is 5.53. The molecule has 1 unspecified atom stereocenters. The summed E-state index contributed by atoms with van der Waals surface area (Å²) in [5.41, 5.74) is 4.06. The first kappa shape index (κ1) is 25.3. The summed E-state index contributed by atoms with van der Waals surface area (Å²) in [6, 6.07) is 11.3. The number of carbonyl (C=O) groups excluding carboxylic acids is 1. The molecule has 1 atom stereocenters. The predicted molar refractivity (Wildman–Crippen MR) is 138 cm³/mol. The predicted octanol–water partition coefficient (Wildman–Crippen LogP) is 5.03. The van der Waals surface area contributed by atoms with E-state index >= 15 is 0 Å². The molecule has 2 aromatic carbocycles. The summed E-state index contributed by atoms with van der Waals surface area (Å²) in [5.74, 6) is 0.417. The fraction of sp³-hybridized carbons (Fsp3) is 0.346. The Morgan fingerprint density at radius 2 is 1.74 bits per heavy atom. The zero-order valence-electron chi connectivity index (χ0n) is 20.2. The van der Waals surface area contributed by atoms with Gasteiger partial charge in [0.15, 0.2) is 5.82 Å². The van der Waals surface area contributed by atoms with Crippen LogP contribution in [0.2, 0.25) is 5.02 Å². The summed E-state index contributed by atoms with van der Waals surface area (Å²) in [7, 11) is 0.647. The van der Waals surface area contributed by atoms with Crippen molar-refractivity contribution in [1.82, 2.24) is 15.1 Å². The number of halogens is 2. The molecule has 35 heavy (non-hydrogen) atoms. The molecule has 0 spiro atoms. The van der Waals surface area contributed by atoms with Crippen molar-refractivity contribution < 1.29 is 13.4 Å². The number of hydrogen-bond acceptors (Lipinski definition) is 5. The van der Waals surface area contributed by atoms with Crippen LogP contribution in [0.1, 0.15) is 34.3 Å². The number of anilines is 1. The van der Waals surface area contributed by atoms with E-state index in [1.165, 1.54) is 12.1 Å². The topological polar surface area (TPSA) is 66.4 Å². The first-order valence-electron chi connectivity index (χ1n) is 11.4. The molecule has 0 N–H and O–H groups in total. The van der Waals surface area contributed by atoms with Gasteiger partial charge in [0.05, 0.1) is 16.3 Å². The molecule has 1 saturated heterocycles. The number of aromatic nitrogens is 2. The van der Waals surface area contributed by atoms with Crippen molar-refractivity contribution in [3.05, 3.63) is 70.0 Å². The average Bonchev–Trinajstić information content (AvgIpc) is 2.85. The van der Waals surface area contributed by atoms with Crippen LogP contribution in [0.4, 0.5) is 10.2 Å². The lowest BCUT2D eigenvalue weighted by Gasteiger charge is -2.38. The molecule has 1 aliphatic rings. The lowest BCUT2D eigenvalue weighted by atomic mass is 10.0. The highest BCUT2D eigenvalue weighted by molar-refractivity contribution is 7.84. The second kappa shape index (κ2) is 10.4. The molecule has 4 rings (SSSR count). The number of carbonyl (C=O) groups is 1. The van der Waals surface area contributed by atoms with E-state index in [1.54, 1.807) is 48.5 Å². The molecule has 3 aromatic rings. The van der Waals surface area contributed by atoms with Crippen molar-refractivity contribution in [3.8, 4) is 11.3 Å². The van der Waals surface area contributed by atoms with Gasteiger partial charge in [-0.2, -0.15) is 0 Å². The van der Waals surface area contributed by atoms with E-state index in [4.69, 9.17) is 11.6 Å². The fourth-order valence-electron chi connectivity index (χ4n) is 4.44. The minimum absolute atomic E-state index is 0.0719. The Labute approximate surface area is 212 Å². The van der Waals surface area contributed by atoms with Crippen LogP contribution in [-0.2, 0) is 10.8 Å². The van der Waals surface area contributed by atoms with Gasteiger partial charge in [-0.1, -0.05) is 11.6 Å². The quantitative estimate of drug-likeness (QED) is 0.477. The molecule has 6 nitrogen and oxygen atoms in total. The number of benzene rings is 2. The fourth-order valence-corrected chi connectivity index (χ4v) is 5.31. The Kier molecular flexibility index (Phi) is 7.52. The van der Waals surface area contributed by atoms with Crippen molar-refractivity contribution in [3.63, 3.8) is 0 Å². The van der Waals surface area contributed by atoms with Crippen LogP contribution in [0.5, 0.6) is 0 Å². The van der Waals surface area contributed by atoms with Crippen LogP contribution in [0.3, 0.4) is 0 Å². The van der Waals surface area contributed by atoms with Crippen molar-refractivity contribution in [2.24, 2.45) is 0 Å². The third kappa shape index (κ3) is 5.23. The standard InChI is InChI=1S/C26H28ClFN4O2S/c1-16-17(2)25(30-29-24(16)18-5-7-19(28)8-6-18)32-13-11-20(12-14-32)31(3)26(33)22-10-9-21(35(4)34)15-23(22)27/h5-10,15,20H,11-14H2,1-4H3. The maximum absolute atomic E-state index is 13.3. The second-order valence-electron chi connectivity index (χ2n) is 8.86. The molecule has 0 radical (unpaired) electrons. The Balaban J connectivity index is 1.45. The van der Waals surface area contributed by atoms with Crippen LogP contribution in [0, 0.1) is 19.7 Å². The summed E-state index contributed by atoms with van der Waals surface area (Å²) in [6.07, 6.45) is 3.16. The molecule has 1 fully saturated rings. The van der Waals surface area contributed by atoms with Crippen molar-refractivity contribution in [2.75, 3.05) is 31.3 Å². The highest BCUT2D eigenvalue weighted by atomic mass is 35.5. The Morgan fingerprint density at radius 1 is 1.09 bits per heavy atom. The van der Waals surface area contributed by atoms with E-state index in [0.29, 0.717) is 15.5 Å². The highest BCUT2D eigenvalue weighted by Gasteiger charge is 2.29. The van der Waals surface area contributed by atoms with Crippen LogP contribution in [-0.4, -0.2) is 57.6 Å². The summed E-state index contributed by atoms with van der Waals surface area (Å²) < 4.78 is 25.0. The van der Waals surface area contributed by atoms with Crippen LogP contribution in [0.25, 0.3) is 11.3 Å². The lowest BCUT2D eigenvalue weighted by molar-refractivity contribution is 0.0709. The molecule has 1 aliphatic heterocycles. The van der Waals surface area contributed by atoms with Gasteiger partial charge in [0.25, 0.3) is 5.91 Å². The van der Waals surface area contributed by atoms with E-state index in [-0.39, 0.29) is 17.8 Å². The zero-order chi connectivity index (χ0) is 25.3. The van der Waals surface area contributed by atoms with Crippen molar-refractivity contribution in [2.45, 2.75) is 37.6 Å². The Bertz CT molecular complexity index is 1280. The van der Waals surface area contributed by atoms with Crippen molar-refractivity contribution >= 4 is 34.1 Å². The number of rotatable bonds is 5. The molecule has 0 bridgehead atoms. The van der Waals surface area contributed by atoms with Gasteiger partial charge in [-0.25, -0.2) is 4.39 Å². The van der Waals surface area contributed by atoms with Crippen LogP contribution < -0.4 is 4.90 Å². The van der Waals surface area contributed by atoms with Gasteiger partial charge in [0.1, 0.15) is 5.82 Å². The summed E-state index contributed by atoms with van der Waals surface area (Å²) >= 11 is 6.33. The molecule has 1 amide bonds. The Hall–Kier alpha value is -2.84. The van der Waals surface area contributed by atoms with E-state index in [1.807, 2.05) is 13.8 Å². The van der Waals surface area contributed by atoms with Crippen LogP contribution >= 0.6 is 11.6 Å². The zero-order valence-corrected chi connectivity index (χ0v) is 21.8. The maximum atomic E-state index is 13.3. The van der Waals surface area contributed by atoms with E-state index in [9.17, 15) is 13.4 Å². The first-order valence-corrected chi connectivity index (χ1v) is 13.4. The molecular weight excluding hydrogens is 487 g/mol. The first-order chi connectivity index (χ1) is 16.7. The molecule has 0 saturated carbocycles. The lowest BCUT2D eigenvalue weighted by Crippen LogP contribution is -2.46. The molecule has 2 heterocycles. The van der Waals surface area contributed by atoms with Gasteiger partial charge < -0.3 is 9.80 Å². The van der Waals surface area contributed by atoms with E-state index < -0.39 is 10.8 Å². The number of piperidine rings is 1.